The number of hydrogen-bond acceptors (Lipinski definition) is 4. The molecule has 2 rings (SSSR count). The van der Waals surface area contributed by atoms with E-state index in [2.05, 4.69) is 0 Å². The monoisotopic (exact) mass is 259 g/mol. The smallest absolute Gasteiger partial charge is 0.243 e. The summed E-state index contributed by atoms with van der Waals surface area (Å²) in [5, 5.41) is 20.2. The van der Waals surface area contributed by atoms with Crippen LogP contribution >= 0.6 is 0 Å². The fraction of sp³-hybridized carbons (Fsp3) is 0.455. The molecular formula is C11H11F2NO4. The summed E-state index contributed by atoms with van der Waals surface area (Å²) in [5.74, 6) is -1.50. The number of aliphatic hydroxyl groups is 1. The number of benzene rings is 1. The van der Waals surface area contributed by atoms with Crippen LogP contribution < -0.4 is 0 Å². The Morgan fingerprint density at radius 1 is 1.39 bits per heavy atom. The van der Waals surface area contributed by atoms with E-state index >= 15 is 0 Å². The Balaban J connectivity index is 2.37. The summed E-state index contributed by atoms with van der Waals surface area (Å²) in [5.41, 5.74) is -0.240. The van der Waals surface area contributed by atoms with Crippen molar-refractivity contribution in [3.63, 3.8) is 0 Å². The van der Waals surface area contributed by atoms with Crippen molar-refractivity contribution in [2.45, 2.75) is 31.3 Å². The van der Waals surface area contributed by atoms with Crippen molar-refractivity contribution in [1.82, 2.24) is 0 Å². The van der Waals surface area contributed by atoms with Crippen molar-refractivity contribution in [3.05, 3.63) is 45.5 Å². The van der Waals surface area contributed by atoms with Crippen molar-refractivity contribution in [2.24, 2.45) is 0 Å². The van der Waals surface area contributed by atoms with Gasteiger partial charge in [0.25, 0.3) is 0 Å². The first-order chi connectivity index (χ1) is 8.49. The topological polar surface area (TPSA) is 72.6 Å². The summed E-state index contributed by atoms with van der Waals surface area (Å²) < 4.78 is 31.6. The molecule has 0 spiro atoms. The number of ether oxygens (including phenoxy) is 1. The minimum Gasteiger partial charge on any atom is -0.368 e. The zero-order chi connectivity index (χ0) is 13.3. The Morgan fingerprint density at radius 3 is 2.78 bits per heavy atom. The van der Waals surface area contributed by atoms with Gasteiger partial charge in [0, 0.05) is 23.3 Å². The summed E-state index contributed by atoms with van der Waals surface area (Å²) in [4.78, 5) is 10.3. The highest BCUT2D eigenvalue weighted by molar-refractivity contribution is 5.22. The standard InChI is InChI=1S/C11H11F2NO4/c12-6-1-2-8(13)7(5-6)11-9(14(16)17)3-4-10(15)18-11/h1-2,5,9-11,15H,3-4H2/t9-,10+,11-/m1/s1. The molecule has 18 heavy (non-hydrogen) atoms. The fourth-order valence-corrected chi connectivity index (χ4v) is 2.02. The molecule has 5 nitrogen and oxygen atoms in total. The van der Waals surface area contributed by atoms with Crippen LogP contribution in [0.1, 0.15) is 24.5 Å². The van der Waals surface area contributed by atoms with E-state index < -0.39 is 35.0 Å². The summed E-state index contributed by atoms with van der Waals surface area (Å²) in [7, 11) is 0. The van der Waals surface area contributed by atoms with Crippen LogP contribution in [-0.2, 0) is 4.74 Å². The number of aliphatic hydroxyl groups excluding tert-OH is 1. The molecule has 1 saturated heterocycles. The van der Waals surface area contributed by atoms with E-state index in [1.54, 1.807) is 0 Å². The van der Waals surface area contributed by atoms with E-state index in [1.807, 2.05) is 0 Å². The SMILES string of the molecule is O=[N+]([O-])[C@@H]1CC[C@@H](O)O[C@@H]1c1cc(F)ccc1F. The third-order valence-electron chi connectivity index (χ3n) is 2.90. The van der Waals surface area contributed by atoms with Crippen LogP contribution in [0.15, 0.2) is 18.2 Å². The van der Waals surface area contributed by atoms with E-state index in [9.17, 15) is 24.0 Å². The van der Waals surface area contributed by atoms with Crippen LogP contribution in [0.2, 0.25) is 0 Å². The molecule has 0 amide bonds. The Morgan fingerprint density at radius 2 is 2.11 bits per heavy atom. The van der Waals surface area contributed by atoms with E-state index in [4.69, 9.17) is 4.74 Å². The van der Waals surface area contributed by atoms with Gasteiger partial charge in [-0.05, 0) is 18.2 Å². The number of nitro groups is 1. The molecule has 0 aromatic heterocycles. The first-order valence-corrected chi connectivity index (χ1v) is 5.41. The molecule has 1 fully saturated rings. The highest BCUT2D eigenvalue weighted by atomic mass is 19.1. The number of halogens is 2. The third-order valence-corrected chi connectivity index (χ3v) is 2.90. The van der Waals surface area contributed by atoms with Gasteiger partial charge in [-0.25, -0.2) is 8.78 Å². The molecule has 7 heteroatoms. The fourth-order valence-electron chi connectivity index (χ4n) is 2.02. The van der Waals surface area contributed by atoms with Crippen LogP contribution in [0.3, 0.4) is 0 Å². The van der Waals surface area contributed by atoms with Crippen molar-refractivity contribution in [2.75, 3.05) is 0 Å². The largest absolute Gasteiger partial charge is 0.368 e. The molecule has 0 aliphatic carbocycles. The lowest BCUT2D eigenvalue weighted by atomic mass is 9.95. The second kappa shape index (κ2) is 4.95. The molecule has 0 saturated carbocycles. The van der Waals surface area contributed by atoms with Gasteiger partial charge in [0.1, 0.15) is 11.6 Å². The minimum atomic E-state index is -1.28. The normalized spacial score (nSPS) is 28.1. The van der Waals surface area contributed by atoms with Gasteiger partial charge in [0.05, 0.1) is 0 Å². The predicted molar refractivity (Wildman–Crippen MR) is 56.2 cm³/mol. The molecule has 0 unspecified atom stereocenters. The molecule has 1 N–H and O–H groups in total. The van der Waals surface area contributed by atoms with Crippen molar-refractivity contribution in [1.29, 1.82) is 0 Å². The van der Waals surface area contributed by atoms with Gasteiger partial charge in [0.15, 0.2) is 12.4 Å². The molecule has 1 heterocycles. The molecule has 1 aromatic carbocycles. The quantitative estimate of drug-likeness (QED) is 0.649. The lowest BCUT2D eigenvalue weighted by molar-refractivity contribution is -0.547. The molecule has 98 valence electrons. The van der Waals surface area contributed by atoms with Gasteiger partial charge in [0.2, 0.25) is 6.04 Å². The van der Waals surface area contributed by atoms with Gasteiger partial charge in [-0.3, -0.25) is 10.1 Å². The van der Waals surface area contributed by atoms with Crippen molar-refractivity contribution in [3.8, 4) is 0 Å². The first kappa shape index (κ1) is 12.8. The highest BCUT2D eigenvalue weighted by Crippen LogP contribution is 2.34. The second-order valence-corrected chi connectivity index (χ2v) is 4.11. The average Bonchev–Trinajstić information content (AvgIpc) is 2.31. The second-order valence-electron chi connectivity index (χ2n) is 4.11. The van der Waals surface area contributed by atoms with Gasteiger partial charge in [-0.15, -0.1) is 0 Å². The number of hydrogen-bond donors (Lipinski definition) is 1. The molecule has 0 bridgehead atoms. The Bertz CT molecular complexity index is 468. The van der Waals surface area contributed by atoms with Gasteiger partial charge in [-0.1, -0.05) is 0 Å². The Labute approximate surface area is 101 Å². The number of rotatable bonds is 2. The maximum Gasteiger partial charge on any atom is 0.243 e. The lowest BCUT2D eigenvalue weighted by Gasteiger charge is -2.29. The zero-order valence-electron chi connectivity index (χ0n) is 9.25. The highest BCUT2D eigenvalue weighted by Gasteiger charge is 2.41. The van der Waals surface area contributed by atoms with Crippen LogP contribution in [0.25, 0.3) is 0 Å². The molecule has 0 radical (unpaired) electrons. The molecule has 1 aliphatic rings. The molecule has 3 atom stereocenters. The number of nitrogens with zero attached hydrogens (tertiary/aromatic N) is 1. The van der Waals surface area contributed by atoms with E-state index in [1.165, 1.54) is 0 Å². The van der Waals surface area contributed by atoms with E-state index in [0.717, 1.165) is 18.2 Å². The third kappa shape index (κ3) is 2.46. The molecule has 1 aromatic rings. The zero-order valence-corrected chi connectivity index (χ0v) is 9.25. The van der Waals surface area contributed by atoms with Crippen LogP contribution in [0, 0.1) is 21.7 Å². The lowest BCUT2D eigenvalue weighted by Crippen LogP contribution is -2.38. The Hall–Kier alpha value is -1.60. The predicted octanol–water partition coefficient (Wildman–Crippen LogP) is 1.78. The minimum absolute atomic E-state index is 0.0504. The van der Waals surface area contributed by atoms with Gasteiger partial charge < -0.3 is 9.84 Å². The van der Waals surface area contributed by atoms with Crippen LogP contribution in [0.5, 0.6) is 0 Å². The molecular weight excluding hydrogens is 248 g/mol. The van der Waals surface area contributed by atoms with Crippen molar-refractivity contribution >= 4 is 0 Å². The maximum atomic E-state index is 13.6. The first-order valence-electron chi connectivity index (χ1n) is 5.41. The van der Waals surface area contributed by atoms with Crippen LogP contribution in [0.4, 0.5) is 8.78 Å². The Kier molecular flexibility index (Phi) is 3.53. The van der Waals surface area contributed by atoms with Crippen molar-refractivity contribution < 1.29 is 23.5 Å². The van der Waals surface area contributed by atoms with Gasteiger partial charge >= 0.3 is 0 Å². The molecule has 1 aliphatic heterocycles. The summed E-state index contributed by atoms with van der Waals surface area (Å²) in [6, 6.07) is 1.46. The maximum absolute atomic E-state index is 13.6. The van der Waals surface area contributed by atoms with Gasteiger partial charge in [-0.2, -0.15) is 0 Å². The summed E-state index contributed by atoms with van der Waals surface area (Å²) >= 11 is 0. The van der Waals surface area contributed by atoms with Crippen LogP contribution in [-0.4, -0.2) is 22.4 Å². The van der Waals surface area contributed by atoms with E-state index in [0.29, 0.717) is 0 Å². The summed E-state index contributed by atoms with van der Waals surface area (Å²) in [6.45, 7) is 0. The van der Waals surface area contributed by atoms with E-state index in [-0.39, 0.29) is 18.4 Å². The summed E-state index contributed by atoms with van der Waals surface area (Å²) in [6.07, 6.45) is -2.33. The average molecular weight is 259 g/mol.